The van der Waals surface area contributed by atoms with Gasteiger partial charge in [0.05, 0.1) is 5.69 Å². The molecule has 1 aliphatic heterocycles. The Kier molecular flexibility index (Phi) is 2.91. The predicted molar refractivity (Wildman–Crippen MR) is 69.7 cm³/mol. The van der Waals surface area contributed by atoms with Crippen LogP contribution in [0.15, 0.2) is 33.8 Å². The fourth-order valence-corrected chi connectivity index (χ4v) is 2.31. The summed E-state index contributed by atoms with van der Waals surface area (Å²) in [6, 6.07) is 5.49. The number of benzene rings is 1. The number of hydrogen-bond acceptors (Lipinski definition) is 2. The van der Waals surface area contributed by atoms with Gasteiger partial charge in [0.2, 0.25) is 0 Å². The lowest BCUT2D eigenvalue weighted by atomic mass is 10.2. The van der Waals surface area contributed by atoms with E-state index >= 15 is 0 Å². The minimum atomic E-state index is -0.224. The van der Waals surface area contributed by atoms with Crippen molar-refractivity contribution in [1.82, 2.24) is 0 Å². The fraction of sp³-hybridized carbons (Fsp3) is 0.231. The third-order valence-corrected chi connectivity index (χ3v) is 3.50. The van der Waals surface area contributed by atoms with Crippen molar-refractivity contribution in [3.63, 3.8) is 0 Å². The molecule has 0 saturated heterocycles. The van der Waals surface area contributed by atoms with Crippen molar-refractivity contribution in [1.29, 1.82) is 0 Å². The van der Waals surface area contributed by atoms with Gasteiger partial charge in [-0.2, -0.15) is 0 Å². The first-order valence-corrected chi connectivity index (χ1v) is 6.05. The van der Waals surface area contributed by atoms with E-state index in [0.29, 0.717) is 16.8 Å². The van der Waals surface area contributed by atoms with Crippen molar-refractivity contribution in [2.24, 2.45) is 0 Å². The van der Waals surface area contributed by atoms with E-state index in [1.807, 2.05) is 19.1 Å². The van der Waals surface area contributed by atoms with Crippen LogP contribution in [0.4, 0.5) is 5.69 Å². The molecular formula is C13H12BrNO2. The van der Waals surface area contributed by atoms with Gasteiger partial charge in [0.15, 0.2) is 0 Å². The summed E-state index contributed by atoms with van der Waals surface area (Å²) in [5, 5.41) is 0. The Morgan fingerprint density at radius 3 is 2.00 bits per heavy atom. The van der Waals surface area contributed by atoms with E-state index < -0.39 is 0 Å². The highest BCUT2D eigenvalue weighted by atomic mass is 79.9. The highest BCUT2D eigenvalue weighted by molar-refractivity contribution is 9.10. The highest BCUT2D eigenvalue weighted by Gasteiger charge is 2.35. The van der Waals surface area contributed by atoms with Crippen LogP contribution in [0.2, 0.25) is 0 Å². The van der Waals surface area contributed by atoms with Gasteiger partial charge in [0.25, 0.3) is 11.8 Å². The number of carbonyl (C=O) groups is 2. The Labute approximate surface area is 108 Å². The van der Waals surface area contributed by atoms with Gasteiger partial charge in [-0.1, -0.05) is 15.9 Å². The van der Waals surface area contributed by atoms with Crippen molar-refractivity contribution >= 4 is 33.4 Å². The Balaban J connectivity index is 2.50. The van der Waals surface area contributed by atoms with Gasteiger partial charge in [0.1, 0.15) is 0 Å². The Morgan fingerprint density at radius 2 is 1.53 bits per heavy atom. The van der Waals surface area contributed by atoms with Gasteiger partial charge in [-0.25, -0.2) is 4.90 Å². The average molecular weight is 294 g/mol. The molecule has 0 saturated carbocycles. The lowest BCUT2D eigenvalue weighted by Gasteiger charge is -2.17. The molecule has 88 valence electrons. The predicted octanol–water partition coefficient (Wildman–Crippen LogP) is 2.97. The first-order chi connectivity index (χ1) is 7.93. The molecule has 0 unspecified atom stereocenters. The molecular weight excluding hydrogens is 282 g/mol. The minimum Gasteiger partial charge on any atom is -0.269 e. The quantitative estimate of drug-likeness (QED) is 0.747. The van der Waals surface area contributed by atoms with Crippen LogP contribution in [0.3, 0.4) is 0 Å². The lowest BCUT2D eigenvalue weighted by Crippen LogP contribution is -2.31. The van der Waals surface area contributed by atoms with Crippen LogP contribution in [0, 0.1) is 6.92 Å². The van der Waals surface area contributed by atoms with Crippen LogP contribution in [-0.2, 0) is 9.59 Å². The molecule has 0 bridgehead atoms. The van der Waals surface area contributed by atoms with Gasteiger partial charge >= 0.3 is 0 Å². The van der Waals surface area contributed by atoms with Crippen LogP contribution in [-0.4, -0.2) is 11.8 Å². The van der Waals surface area contributed by atoms with E-state index in [1.54, 1.807) is 19.9 Å². The van der Waals surface area contributed by atoms with Crippen molar-refractivity contribution in [2.75, 3.05) is 4.90 Å². The van der Waals surface area contributed by atoms with Crippen LogP contribution in [0.5, 0.6) is 0 Å². The van der Waals surface area contributed by atoms with Gasteiger partial charge < -0.3 is 0 Å². The smallest absolute Gasteiger partial charge is 0.261 e. The largest absolute Gasteiger partial charge is 0.269 e. The summed E-state index contributed by atoms with van der Waals surface area (Å²) in [6.45, 7) is 5.25. The van der Waals surface area contributed by atoms with Gasteiger partial charge in [0, 0.05) is 15.6 Å². The summed E-state index contributed by atoms with van der Waals surface area (Å²) in [7, 11) is 0. The zero-order chi connectivity index (χ0) is 12.7. The summed E-state index contributed by atoms with van der Waals surface area (Å²) in [6.07, 6.45) is 0. The van der Waals surface area contributed by atoms with Crippen LogP contribution >= 0.6 is 15.9 Å². The van der Waals surface area contributed by atoms with E-state index in [0.717, 1.165) is 10.0 Å². The zero-order valence-electron chi connectivity index (χ0n) is 9.87. The molecule has 1 aromatic carbocycles. The summed E-state index contributed by atoms with van der Waals surface area (Å²) in [4.78, 5) is 25.2. The molecule has 4 heteroatoms. The number of nitrogens with zero attached hydrogens (tertiary/aromatic N) is 1. The van der Waals surface area contributed by atoms with Gasteiger partial charge in [-0.3, -0.25) is 9.59 Å². The maximum Gasteiger partial charge on any atom is 0.261 e. The lowest BCUT2D eigenvalue weighted by molar-refractivity contribution is -0.120. The van der Waals surface area contributed by atoms with E-state index in [2.05, 4.69) is 15.9 Å². The number of hydrogen-bond donors (Lipinski definition) is 0. The summed E-state index contributed by atoms with van der Waals surface area (Å²) >= 11 is 3.36. The molecule has 0 N–H and O–H groups in total. The molecule has 0 aromatic heterocycles. The number of halogens is 1. The molecule has 3 nitrogen and oxygen atoms in total. The number of aryl methyl sites for hydroxylation is 1. The molecule has 2 rings (SSSR count). The van der Waals surface area contributed by atoms with Gasteiger partial charge in [-0.15, -0.1) is 0 Å². The second-order valence-electron chi connectivity index (χ2n) is 4.13. The molecule has 0 radical (unpaired) electrons. The third-order valence-electron chi connectivity index (χ3n) is 3.01. The highest BCUT2D eigenvalue weighted by Crippen LogP contribution is 2.30. The van der Waals surface area contributed by atoms with E-state index in [-0.39, 0.29) is 11.8 Å². The minimum absolute atomic E-state index is 0.224. The standard InChI is InChI=1S/C13H12BrNO2/c1-7-6-10(14)4-5-11(7)15-12(16)8(2)9(3)13(15)17/h4-6H,1-3H3. The molecule has 0 atom stereocenters. The first kappa shape index (κ1) is 12.0. The van der Waals surface area contributed by atoms with E-state index in [9.17, 15) is 9.59 Å². The monoisotopic (exact) mass is 293 g/mol. The molecule has 0 aliphatic carbocycles. The molecule has 0 spiro atoms. The van der Waals surface area contributed by atoms with Crippen LogP contribution in [0.25, 0.3) is 0 Å². The topological polar surface area (TPSA) is 37.4 Å². The normalized spacial score (nSPS) is 16.1. The number of rotatable bonds is 1. The van der Waals surface area contributed by atoms with Gasteiger partial charge in [-0.05, 0) is 44.5 Å². The Morgan fingerprint density at radius 1 is 1.00 bits per heavy atom. The summed E-state index contributed by atoms with van der Waals surface area (Å²) < 4.78 is 0.930. The SMILES string of the molecule is CC1=C(C)C(=O)N(c2ccc(Br)cc2C)C1=O. The van der Waals surface area contributed by atoms with E-state index in [4.69, 9.17) is 0 Å². The second-order valence-corrected chi connectivity index (χ2v) is 5.04. The van der Waals surface area contributed by atoms with Crippen molar-refractivity contribution in [3.05, 3.63) is 39.4 Å². The molecule has 2 amide bonds. The first-order valence-electron chi connectivity index (χ1n) is 5.26. The Bertz CT molecular complexity index is 537. The Hall–Kier alpha value is -1.42. The number of imide groups is 1. The summed E-state index contributed by atoms with van der Waals surface area (Å²) in [5.41, 5.74) is 2.60. The zero-order valence-corrected chi connectivity index (χ0v) is 11.5. The molecule has 0 fully saturated rings. The van der Waals surface area contributed by atoms with Crippen molar-refractivity contribution in [2.45, 2.75) is 20.8 Å². The molecule has 17 heavy (non-hydrogen) atoms. The van der Waals surface area contributed by atoms with E-state index in [1.165, 1.54) is 4.90 Å². The second kappa shape index (κ2) is 4.11. The van der Waals surface area contributed by atoms with Crippen molar-refractivity contribution in [3.8, 4) is 0 Å². The number of carbonyl (C=O) groups excluding carboxylic acids is 2. The molecule has 1 aliphatic rings. The van der Waals surface area contributed by atoms with Crippen molar-refractivity contribution < 1.29 is 9.59 Å². The molecule has 1 aromatic rings. The maximum atomic E-state index is 12.0. The third kappa shape index (κ3) is 1.82. The fourth-order valence-electron chi connectivity index (χ4n) is 1.84. The maximum absolute atomic E-state index is 12.0. The molecule has 1 heterocycles. The number of amides is 2. The van der Waals surface area contributed by atoms with Crippen LogP contribution < -0.4 is 4.90 Å². The van der Waals surface area contributed by atoms with Crippen LogP contribution in [0.1, 0.15) is 19.4 Å². The summed E-state index contributed by atoms with van der Waals surface area (Å²) in [5.74, 6) is -0.448. The number of anilines is 1. The average Bonchev–Trinajstić information content (AvgIpc) is 2.45.